The van der Waals surface area contributed by atoms with Gasteiger partial charge in [0, 0.05) is 85.8 Å². The average Bonchev–Trinajstić information content (AvgIpc) is 4.03. The van der Waals surface area contributed by atoms with Crippen molar-refractivity contribution < 1.29 is 33.4 Å². The molecule has 7 heterocycles. The molecule has 1 aromatic carbocycles. The van der Waals surface area contributed by atoms with Crippen LogP contribution in [0.3, 0.4) is 0 Å². The predicted octanol–water partition coefficient (Wildman–Crippen LogP) is 5.29. The summed E-state index contributed by atoms with van der Waals surface area (Å²) in [5.41, 5.74) is 9.38. The van der Waals surface area contributed by atoms with Gasteiger partial charge in [-0.05, 0) is 75.9 Å². The van der Waals surface area contributed by atoms with Crippen LogP contribution in [0.5, 0.6) is 0 Å². The van der Waals surface area contributed by atoms with E-state index in [0.29, 0.717) is 57.1 Å². The van der Waals surface area contributed by atoms with Crippen molar-refractivity contribution in [2.45, 2.75) is 110 Å². The second kappa shape index (κ2) is 19.1. The third-order valence-corrected chi connectivity index (χ3v) is 14.5. The minimum Gasteiger partial charge on any atom is -0.464 e. The number of carbonyl (C=O) groups is 4. The highest BCUT2D eigenvalue weighted by atomic mass is 32.1. The largest absolute Gasteiger partial charge is 0.464 e. The number of carbonyl (C=O) groups excluding carboxylic acids is 4. The van der Waals surface area contributed by atoms with Gasteiger partial charge in [0.1, 0.15) is 18.1 Å². The van der Waals surface area contributed by atoms with Gasteiger partial charge in [-0.1, -0.05) is 33.8 Å². The number of hydrogen-bond donors (Lipinski definition) is 2. The fourth-order valence-corrected chi connectivity index (χ4v) is 11.0. The van der Waals surface area contributed by atoms with E-state index in [-0.39, 0.29) is 43.2 Å². The number of nitrogens with one attached hydrogen (secondary N) is 2. The van der Waals surface area contributed by atoms with Crippen LogP contribution in [0.25, 0.3) is 33.4 Å². The summed E-state index contributed by atoms with van der Waals surface area (Å²) >= 11 is 1.43. The van der Waals surface area contributed by atoms with Gasteiger partial charge in [-0.15, -0.1) is 11.3 Å². The third-order valence-electron chi connectivity index (χ3n) is 13.6. The second-order valence-corrected chi connectivity index (χ2v) is 20.2. The van der Waals surface area contributed by atoms with Crippen molar-refractivity contribution in [3.05, 3.63) is 58.2 Å². The first-order valence-corrected chi connectivity index (χ1v) is 23.9. The number of aryl methyl sites for hydroxylation is 1. The summed E-state index contributed by atoms with van der Waals surface area (Å²) in [7, 11) is 5.39. The number of nitrogens with zero attached hydrogens (tertiary/aromatic N) is 7. The number of amides is 4. The molecule has 350 valence electrons. The zero-order chi connectivity index (χ0) is 46.3. The van der Waals surface area contributed by atoms with Gasteiger partial charge in [-0.2, -0.15) is 0 Å². The Hall–Kier alpha value is -4.94. The summed E-state index contributed by atoms with van der Waals surface area (Å²) in [6.07, 6.45) is 3.19. The highest BCUT2D eigenvalue weighted by molar-refractivity contribution is 7.10. The van der Waals surface area contributed by atoms with Crippen LogP contribution in [0.4, 0.5) is 4.79 Å². The highest BCUT2D eigenvalue weighted by Gasteiger charge is 2.44. The molecule has 8 rings (SSSR count). The molecular formula is C48H65N9O7S. The van der Waals surface area contributed by atoms with Crippen molar-refractivity contribution in [2.24, 2.45) is 11.3 Å². The van der Waals surface area contributed by atoms with Crippen molar-refractivity contribution in [2.75, 3.05) is 60.6 Å². The number of aromatic nitrogens is 3. The average molecular weight is 912 g/mol. The van der Waals surface area contributed by atoms with E-state index in [2.05, 4.69) is 65.2 Å². The summed E-state index contributed by atoms with van der Waals surface area (Å²) < 4.78 is 20.3. The van der Waals surface area contributed by atoms with E-state index in [1.807, 2.05) is 39.3 Å². The molecule has 3 aromatic heterocycles. The van der Waals surface area contributed by atoms with Gasteiger partial charge >= 0.3 is 12.0 Å². The molecule has 3 fully saturated rings. The zero-order valence-electron chi connectivity index (χ0n) is 39.3. The fraction of sp³-hybridized carbons (Fsp3) is 0.583. The normalized spacial score (nSPS) is 23.8. The number of thiazole rings is 1. The number of morpholine rings is 1. The molecule has 6 bridgehead atoms. The van der Waals surface area contributed by atoms with E-state index in [4.69, 9.17) is 24.2 Å². The number of benzene rings is 1. The Bertz CT molecular complexity index is 2420. The Morgan fingerprint density at radius 3 is 2.68 bits per heavy atom. The molecule has 0 radical (unpaired) electrons. The second-order valence-electron chi connectivity index (χ2n) is 19.2. The first-order chi connectivity index (χ1) is 31.1. The number of pyridine rings is 1. The Morgan fingerprint density at radius 1 is 1.14 bits per heavy atom. The van der Waals surface area contributed by atoms with Crippen LogP contribution in [0, 0.1) is 11.3 Å². The van der Waals surface area contributed by atoms with Gasteiger partial charge in [-0.3, -0.25) is 29.3 Å². The molecule has 4 aliphatic rings. The minimum atomic E-state index is -1.05. The lowest BCUT2D eigenvalue weighted by molar-refractivity contribution is -0.155. The number of likely N-dealkylation sites (N-methyl/N-ethyl adjacent to an activating group) is 2. The van der Waals surface area contributed by atoms with E-state index >= 15 is 0 Å². The number of methoxy groups -OCH3 is 1. The number of urea groups is 1. The lowest BCUT2D eigenvalue weighted by atomic mass is 9.84. The number of fused-ring (bicyclic) bond motifs is 7. The first kappa shape index (κ1) is 46.6. The summed E-state index contributed by atoms with van der Waals surface area (Å²) in [4.78, 5) is 72.5. The molecule has 0 aliphatic carbocycles. The van der Waals surface area contributed by atoms with E-state index in [1.165, 1.54) is 21.2 Å². The molecule has 0 saturated carbocycles. The smallest absolute Gasteiger partial charge is 0.324 e. The summed E-state index contributed by atoms with van der Waals surface area (Å²) in [6.45, 7) is 15.7. The van der Waals surface area contributed by atoms with Crippen molar-refractivity contribution in [1.82, 2.24) is 45.0 Å². The van der Waals surface area contributed by atoms with E-state index in [1.54, 1.807) is 25.3 Å². The number of cyclic esters (lactones) is 1. The molecule has 2 N–H and O–H groups in total. The van der Waals surface area contributed by atoms with E-state index in [0.717, 1.165) is 51.2 Å². The van der Waals surface area contributed by atoms with Crippen molar-refractivity contribution in [3.8, 4) is 22.5 Å². The number of ether oxygens (including phenoxy) is 3. The van der Waals surface area contributed by atoms with Crippen molar-refractivity contribution in [1.29, 1.82) is 0 Å². The van der Waals surface area contributed by atoms with Crippen LogP contribution in [0.15, 0.2) is 41.9 Å². The van der Waals surface area contributed by atoms with Crippen LogP contribution in [-0.4, -0.2) is 149 Å². The molecule has 65 heavy (non-hydrogen) atoms. The Labute approximate surface area is 385 Å². The maximum absolute atomic E-state index is 14.7. The maximum atomic E-state index is 14.7. The molecule has 6 atom stereocenters. The van der Waals surface area contributed by atoms with Crippen LogP contribution in [-0.2, 0) is 48.0 Å². The lowest BCUT2D eigenvalue weighted by Gasteiger charge is -2.37. The third kappa shape index (κ3) is 9.40. The molecule has 1 unspecified atom stereocenters. The van der Waals surface area contributed by atoms with Gasteiger partial charge in [0.15, 0.2) is 0 Å². The molecule has 16 nitrogen and oxygen atoms in total. The van der Waals surface area contributed by atoms with Gasteiger partial charge < -0.3 is 33.9 Å². The predicted molar refractivity (Wildman–Crippen MR) is 249 cm³/mol. The van der Waals surface area contributed by atoms with Gasteiger partial charge in [0.05, 0.1) is 60.1 Å². The number of hydrazine groups is 1. The molecule has 17 heteroatoms. The van der Waals surface area contributed by atoms with Crippen molar-refractivity contribution >= 4 is 46.1 Å². The number of esters is 1. The highest BCUT2D eigenvalue weighted by Crippen LogP contribution is 2.42. The fourth-order valence-electron chi connectivity index (χ4n) is 10.1. The number of likely N-dealkylation sites (tertiary alicyclic amines) is 1. The quantitative estimate of drug-likeness (QED) is 0.221. The van der Waals surface area contributed by atoms with Crippen LogP contribution in [0.1, 0.15) is 76.8 Å². The zero-order valence-corrected chi connectivity index (χ0v) is 40.1. The topological polar surface area (TPSA) is 164 Å². The van der Waals surface area contributed by atoms with Gasteiger partial charge in [-0.25, -0.2) is 15.2 Å². The summed E-state index contributed by atoms with van der Waals surface area (Å²) in [5.74, 6) is -1.56. The molecule has 0 spiro atoms. The van der Waals surface area contributed by atoms with Crippen molar-refractivity contribution in [3.63, 3.8) is 0 Å². The Kier molecular flexibility index (Phi) is 13.7. The molecule has 3 saturated heterocycles. The summed E-state index contributed by atoms with van der Waals surface area (Å²) in [6, 6.07) is 7.59. The minimum absolute atomic E-state index is 0.0843. The first-order valence-electron chi connectivity index (χ1n) is 23.0. The molecule has 4 amide bonds. The SMILES string of the molecule is CCn1c(-c2cccnc2[C@H](C)OC)c2c3cc(ccc31)-c1csc(n1)C[C@H](NC(=O)C(C(C)C)N(C)C(=O)N1C[C@@H]3OCCN(C)[C@H]3C1)C(=O)N1CCC[C@H](N1)C(=O)OCC(C)(C)C2. The van der Waals surface area contributed by atoms with Gasteiger partial charge in [0.2, 0.25) is 5.91 Å². The lowest BCUT2D eigenvalue weighted by Crippen LogP contribution is -2.62. The Morgan fingerprint density at radius 2 is 1.94 bits per heavy atom. The maximum Gasteiger partial charge on any atom is 0.324 e. The van der Waals surface area contributed by atoms with Crippen LogP contribution < -0.4 is 10.7 Å². The molecular weight excluding hydrogens is 847 g/mol. The van der Waals surface area contributed by atoms with Crippen LogP contribution in [0.2, 0.25) is 0 Å². The summed E-state index contributed by atoms with van der Waals surface area (Å²) in [5, 5.41) is 8.22. The monoisotopic (exact) mass is 911 g/mol. The Balaban J connectivity index is 1.15. The number of rotatable bonds is 8. The van der Waals surface area contributed by atoms with E-state index in [9.17, 15) is 19.2 Å². The van der Waals surface area contributed by atoms with Gasteiger partial charge in [0.25, 0.3) is 5.91 Å². The number of hydrogen-bond acceptors (Lipinski definition) is 12. The standard InChI is InChI=1S/C48H65N9O7S/c1-10-56-37-16-15-30-21-32(37)33(43(56)31-13-11-17-49-41(31)29(4)62-9)23-48(5,6)27-64-46(60)34-14-12-18-57(52-34)45(59)35(22-40-50-36(30)26-65-40)51-44(58)42(28(2)3)54(8)47(61)55-24-38-39(25-55)63-20-19-53(38)7/h11,13,15-17,21,26,28-29,34-35,38-39,42,52H,10,12,14,18-20,22-25,27H2,1-9H3,(H,51,58)/t29-,34-,35-,38-,39-,42?/m0/s1. The molecule has 4 aromatic rings. The molecule has 4 aliphatic heterocycles. The van der Waals surface area contributed by atoms with E-state index < -0.39 is 41.3 Å². The van der Waals surface area contributed by atoms with Crippen LogP contribution >= 0.6 is 11.3 Å².